The topological polar surface area (TPSA) is 28.5 Å². The van der Waals surface area contributed by atoms with Crippen LogP contribution in [0.25, 0.3) is 0 Å². The van der Waals surface area contributed by atoms with Crippen molar-refractivity contribution in [1.82, 2.24) is 0 Å². The molecule has 0 N–H and O–H groups in total. The predicted octanol–water partition coefficient (Wildman–Crippen LogP) is -0.433. The van der Waals surface area contributed by atoms with Crippen LogP contribution in [0.1, 0.15) is 5.71 Å². The maximum atomic E-state index is 0. The summed E-state index contributed by atoms with van der Waals surface area (Å²) in [6, 6.07) is 0. The van der Waals surface area contributed by atoms with Gasteiger partial charge in [-0.05, 0) is 0 Å². The van der Waals surface area contributed by atoms with Crippen molar-refractivity contribution in [3.8, 4) is 0 Å². The van der Waals surface area contributed by atoms with Gasteiger partial charge < -0.3 is 11.2 Å². The third-order valence-electron chi connectivity index (χ3n) is 0. The maximum absolute atomic E-state index is 0. The van der Waals surface area contributed by atoms with E-state index in [4.69, 9.17) is 0 Å². The molecule has 0 heterocycles. The van der Waals surface area contributed by atoms with E-state index in [9.17, 15) is 0 Å². The molecule has 0 aliphatic carbocycles. The van der Waals surface area contributed by atoms with Crippen molar-refractivity contribution in [2.24, 2.45) is 0 Å². The smallest absolute Gasteiger partial charge is 2.00 e. The first-order chi connectivity index (χ1) is 0. The molecule has 0 aromatic rings. The zero-order valence-corrected chi connectivity index (χ0v) is 9.12. The Morgan fingerprint density at radius 1 is 1.25 bits per heavy atom. The Labute approximate surface area is 90.1 Å². The van der Waals surface area contributed by atoms with Gasteiger partial charge in [-0.2, -0.15) is 0 Å². The fourth-order valence-electron chi connectivity index (χ4n) is 0. The minimum Gasteiger partial charge on any atom is -2.00 e. The molecule has 0 bridgehead atoms. The summed E-state index contributed by atoms with van der Waals surface area (Å²) in [4.78, 5) is 0. The van der Waals surface area contributed by atoms with Gasteiger partial charge in [0.25, 0.3) is 0 Å². The summed E-state index contributed by atoms with van der Waals surface area (Å²) in [7, 11) is 0. The van der Waals surface area contributed by atoms with Gasteiger partial charge in [0.2, 0.25) is 0 Å². The van der Waals surface area contributed by atoms with Crippen molar-refractivity contribution >= 4 is 60.8 Å². The van der Waals surface area contributed by atoms with Gasteiger partial charge in [-0.15, -0.1) is 0 Å². The summed E-state index contributed by atoms with van der Waals surface area (Å²) in [5, 5.41) is 0. The SMILES string of the molecule is [Ca+2].[H-].[H-].[H-].[H-].[Mg+2].[O-2].[Zn+2]. The molecule has 4 heteroatoms. The fourth-order valence-corrected chi connectivity index (χ4v) is 0. The second kappa shape index (κ2) is 17.5. The van der Waals surface area contributed by atoms with Crippen molar-refractivity contribution < 1.29 is 30.7 Å². The molecule has 0 saturated heterocycles. The maximum Gasteiger partial charge on any atom is 2.00 e. The molecule has 0 saturated carbocycles. The van der Waals surface area contributed by atoms with Crippen LogP contribution in [0, 0.1) is 0 Å². The second-order valence-corrected chi connectivity index (χ2v) is 0. The Hall–Kier alpha value is 2.61. The van der Waals surface area contributed by atoms with Gasteiger partial charge in [0.1, 0.15) is 0 Å². The summed E-state index contributed by atoms with van der Waals surface area (Å²) in [6.45, 7) is 0. The summed E-state index contributed by atoms with van der Waals surface area (Å²) in [5.74, 6) is 0. The largest absolute Gasteiger partial charge is 2.00 e. The first-order valence-electron chi connectivity index (χ1n) is 0. The molecule has 0 aromatic heterocycles. The summed E-state index contributed by atoms with van der Waals surface area (Å²) >= 11 is 0. The Balaban J connectivity index is 0. The van der Waals surface area contributed by atoms with E-state index in [-0.39, 0.29) is 91.5 Å². The summed E-state index contributed by atoms with van der Waals surface area (Å²) < 4.78 is 0. The molecule has 0 spiro atoms. The molecule has 1 nitrogen and oxygen atoms in total. The van der Waals surface area contributed by atoms with Gasteiger partial charge in [0.15, 0.2) is 0 Å². The average Bonchev–Trinajstić information content (AvgIpc) is 0. The van der Waals surface area contributed by atoms with Crippen molar-refractivity contribution in [3.63, 3.8) is 0 Å². The summed E-state index contributed by atoms with van der Waals surface area (Å²) in [6.07, 6.45) is 0. The van der Waals surface area contributed by atoms with Gasteiger partial charge >= 0.3 is 80.3 Å². The first-order valence-corrected chi connectivity index (χ1v) is 0. The van der Waals surface area contributed by atoms with E-state index in [0.29, 0.717) is 0 Å². The Kier molecular flexibility index (Phi) is 134. The Morgan fingerprint density at radius 2 is 1.25 bits per heavy atom. The van der Waals surface area contributed by atoms with Crippen LogP contribution < -0.4 is 0 Å². The molecule has 0 fully saturated rings. The van der Waals surface area contributed by atoms with Crippen LogP contribution >= 0.6 is 0 Å². The van der Waals surface area contributed by atoms with Gasteiger partial charge in [0.05, 0.1) is 0 Å². The third-order valence-corrected chi connectivity index (χ3v) is 0. The van der Waals surface area contributed by atoms with E-state index in [1.165, 1.54) is 0 Å². The number of rotatable bonds is 0. The van der Waals surface area contributed by atoms with E-state index in [0.717, 1.165) is 0 Å². The molecular formula is H4CaMgOZn. The van der Waals surface area contributed by atoms with Gasteiger partial charge in [-0.1, -0.05) is 0 Å². The van der Waals surface area contributed by atoms with Crippen LogP contribution in [0.15, 0.2) is 0 Å². The van der Waals surface area contributed by atoms with Crippen molar-refractivity contribution in [2.45, 2.75) is 0 Å². The van der Waals surface area contributed by atoms with Crippen molar-refractivity contribution in [2.75, 3.05) is 0 Å². The molecular weight excluding hydrogens is 146 g/mol. The van der Waals surface area contributed by atoms with E-state index < -0.39 is 0 Å². The predicted molar refractivity (Wildman–Crippen MR) is 16.6 cm³/mol. The third kappa shape index (κ3) is 8.82. The molecule has 0 radical (unpaired) electrons. The minimum atomic E-state index is 0. The van der Waals surface area contributed by atoms with E-state index in [2.05, 4.69) is 0 Å². The Bertz CT molecular complexity index is 16.0. The number of hydrogen-bond donors (Lipinski definition) is 0. The normalized spacial score (nSPS) is 0. The van der Waals surface area contributed by atoms with Crippen LogP contribution in [0.2, 0.25) is 0 Å². The average molecular weight is 150 g/mol. The van der Waals surface area contributed by atoms with Crippen LogP contribution in [0.5, 0.6) is 0 Å². The van der Waals surface area contributed by atoms with Crippen LogP contribution in [-0.2, 0) is 25.0 Å². The zero-order valence-electron chi connectivity index (χ0n) is 6.53. The standard InChI is InChI=1S/Ca.Mg.O.Zn.4H/q2*+2;-2;+2;4*-1. The molecule has 0 aliphatic heterocycles. The van der Waals surface area contributed by atoms with E-state index in [1.54, 1.807) is 0 Å². The Morgan fingerprint density at radius 3 is 1.25 bits per heavy atom. The molecule has 0 atom stereocenters. The van der Waals surface area contributed by atoms with Crippen LogP contribution in [0.4, 0.5) is 0 Å². The van der Waals surface area contributed by atoms with Crippen LogP contribution in [0.3, 0.4) is 0 Å². The zero-order chi connectivity index (χ0) is 0. The second-order valence-electron chi connectivity index (χ2n) is 0. The van der Waals surface area contributed by atoms with Gasteiger partial charge in [-0.3, -0.25) is 0 Å². The quantitative estimate of drug-likeness (QED) is 0.419. The number of hydrogen-bond acceptors (Lipinski definition) is 0. The minimum absolute atomic E-state index is 0. The van der Waals surface area contributed by atoms with Gasteiger partial charge in [-0.25, -0.2) is 0 Å². The van der Waals surface area contributed by atoms with Gasteiger partial charge in [0, 0.05) is 0 Å². The molecule has 0 amide bonds. The molecule has 0 aromatic carbocycles. The van der Waals surface area contributed by atoms with E-state index in [1.807, 2.05) is 0 Å². The first kappa shape index (κ1) is 30.5. The molecule has 0 rings (SSSR count). The van der Waals surface area contributed by atoms with E-state index >= 15 is 0 Å². The fraction of sp³-hybridized carbons (Fsp3) is 0. The van der Waals surface area contributed by atoms with Crippen molar-refractivity contribution in [3.05, 3.63) is 0 Å². The van der Waals surface area contributed by atoms with Crippen LogP contribution in [-0.4, -0.2) is 60.8 Å². The summed E-state index contributed by atoms with van der Waals surface area (Å²) in [5.41, 5.74) is 0. The molecule has 0 aliphatic rings. The molecule has 16 valence electrons. The monoisotopic (exact) mass is 148 g/mol. The van der Waals surface area contributed by atoms with Crippen molar-refractivity contribution in [1.29, 1.82) is 0 Å². The molecule has 0 unspecified atom stereocenters. The molecule has 4 heavy (non-hydrogen) atoms.